The zero-order valence-electron chi connectivity index (χ0n) is 9.69. The quantitative estimate of drug-likeness (QED) is 0.904. The van der Waals surface area contributed by atoms with Gasteiger partial charge >= 0.3 is 0 Å². The molecule has 1 aliphatic rings. The van der Waals surface area contributed by atoms with Crippen molar-refractivity contribution < 1.29 is 8.42 Å². The molecular weight excluding hydrogens is 316 g/mol. The van der Waals surface area contributed by atoms with E-state index in [9.17, 15) is 13.7 Å². The largest absolute Gasteiger partial charge is 0.366 e. The summed E-state index contributed by atoms with van der Waals surface area (Å²) in [6.07, 6.45) is 0.653. The van der Waals surface area contributed by atoms with Crippen LogP contribution in [0.4, 0.5) is 5.69 Å². The van der Waals surface area contributed by atoms with Crippen LogP contribution in [0.1, 0.15) is 12.8 Å². The van der Waals surface area contributed by atoms with E-state index in [1.807, 2.05) is 24.3 Å². The first-order valence-corrected chi connectivity index (χ1v) is 8.22. The van der Waals surface area contributed by atoms with Gasteiger partial charge in [0.25, 0.3) is 0 Å². The second kappa shape index (κ2) is 4.90. The van der Waals surface area contributed by atoms with Crippen LogP contribution in [0.25, 0.3) is 0 Å². The van der Waals surface area contributed by atoms with Gasteiger partial charge in [-0.3, -0.25) is 0 Å². The van der Waals surface area contributed by atoms with Gasteiger partial charge in [0.2, 0.25) is 0 Å². The van der Waals surface area contributed by atoms with Crippen LogP contribution < -0.4 is 5.32 Å². The van der Waals surface area contributed by atoms with Crippen molar-refractivity contribution in [3.8, 4) is 6.07 Å². The molecule has 0 amide bonds. The van der Waals surface area contributed by atoms with Crippen LogP contribution in [0.15, 0.2) is 28.7 Å². The topological polar surface area (TPSA) is 70.0 Å². The molecule has 0 atom stereocenters. The number of sulfone groups is 1. The number of anilines is 1. The summed E-state index contributed by atoms with van der Waals surface area (Å²) in [5, 5.41) is 12.5. The molecule has 2 rings (SSSR count). The number of rotatable bonds is 2. The predicted molar refractivity (Wildman–Crippen MR) is 74.0 cm³/mol. The Bertz CT molecular complexity index is 578. The fourth-order valence-electron chi connectivity index (χ4n) is 1.97. The highest BCUT2D eigenvalue weighted by atomic mass is 79.9. The molecule has 0 aliphatic carbocycles. The number of hydrogen-bond donors (Lipinski definition) is 1. The van der Waals surface area contributed by atoms with Gasteiger partial charge < -0.3 is 5.32 Å². The molecule has 96 valence electrons. The van der Waals surface area contributed by atoms with E-state index in [-0.39, 0.29) is 11.5 Å². The molecule has 0 radical (unpaired) electrons. The first-order chi connectivity index (χ1) is 8.46. The molecule has 1 aliphatic heterocycles. The maximum absolute atomic E-state index is 11.4. The standard InChI is InChI=1S/C12H13BrN2O2S/c13-10-3-1-2-4-11(10)15-12(9-14)5-7-18(16,17)8-6-12/h1-4,15H,5-8H2. The number of para-hydroxylation sites is 1. The zero-order chi connectivity index (χ0) is 13.2. The van der Waals surface area contributed by atoms with Gasteiger partial charge in [-0.2, -0.15) is 5.26 Å². The van der Waals surface area contributed by atoms with E-state index in [2.05, 4.69) is 27.3 Å². The Balaban J connectivity index is 2.21. The fourth-order valence-corrected chi connectivity index (χ4v) is 3.88. The Hall–Kier alpha value is -1.06. The van der Waals surface area contributed by atoms with E-state index in [1.54, 1.807) is 0 Å². The maximum atomic E-state index is 11.4. The lowest BCUT2D eigenvalue weighted by atomic mass is 9.93. The maximum Gasteiger partial charge on any atom is 0.150 e. The molecule has 0 aromatic heterocycles. The van der Waals surface area contributed by atoms with E-state index in [4.69, 9.17) is 0 Å². The Morgan fingerprint density at radius 2 is 1.89 bits per heavy atom. The van der Waals surface area contributed by atoms with E-state index in [0.717, 1.165) is 10.2 Å². The van der Waals surface area contributed by atoms with Gasteiger partial charge in [-0.25, -0.2) is 8.42 Å². The molecule has 0 bridgehead atoms. The lowest BCUT2D eigenvalue weighted by Crippen LogP contribution is -2.44. The number of halogens is 1. The summed E-state index contributed by atoms with van der Waals surface area (Å²) in [6, 6.07) is 9.75. The SMILES string of the molecule is N#CC1(Nc2ccccc2Br)CCS(=O)(=O)CC1. The Morgan fingerprint density at radius 3 is 2.44 bits per heavy atom. The Labute approximate surface area is 115 Å². The second-order valence-corrected chi connectivity index (χ2v) is 7.61. The van der Waals surface area contributed by atoms with Crippen LogP contribution in [0, 0.1) is 11.3 Å². The van der Waals surface area contributed by atoms with Crippen LogP contribution >= 0.6 is 15.9 Å². The summed E-state index contributed by atoms with van der Waals surface area (Å²) in [4.78, 5) is 0. The molecule has 0 unspecified atom stereocenters. The van der Waals surface area contributed by atoms with Crippen LogP contribution in [-0.4, -0.2) is 25.5 Å². The first-order valence-electron chi connectivity index (χ1n) is 5.61. The monoisotopic (exact) mass is 328 g/mol. The highest BCUT2D eigenvalue weighted by molar-refractivity contribution is 9.10. The van der Waals surface area contributed by atoms with Gasteiger partial charge in [0.05, 0.1) is 17.6 Å². The number of nitrogens with one attached hydrogen (secondary N) is 1. The molecule has 1 fully saturated rings. The molecule has 0 spiro atoms. The summed E-state index contributed by atoms with van der Waals surface area (Å²) in [5.74, 6) is 0.135. The third kappa shape index (κ3) is 2.85. The number of hydrogen-bond acceptors (Lipinski definition) is 4. The highest BCUT2D eigenvalue weighted by Gasteiger charge is 2.37. The van der Waals surface area contributed by atoms with Gasteiger partial charge in [0, 0.05) is 10.2 Å². The molecule has 1 aromatic rings. The van der Waals surface area contributed by atoms with E-state index < -0.39 is 15.4 Å². The molecule has 6 heteroatoms. The molecular formula is C12H13BrN2O2S. The normalized spacial score (nSPS) is 20.9. The number of nitrogens with zero attached hydrogens (tertiary/aromatic N) is 1. The minimum absolute atomic E-state index is 0.0675. The molecule has 4 nitrogen and oxygen atoms in total. The predicted octanol–water partition coefficient (Wildman–Crippen LogP) is 2.33. The molecule has 1 saturated heterocycles. The number of nitriles is 1. The average molecular weight is 329 g/mol. The van der Waals surface area contributed by atoms with E-state index in [0.29, 0.717) is 12.8 Å². The van der Waals surface area contributed by atoms with Gasteiger partial charge in [-0.1, -0.05) is 12.1 Å². The van der Waals surface area contributed by atoms with Gasteiger partial charge in [0.15, 0.2) is 9.84 Å². The third-order valence-electron chi connectivity index (χ3n) is 3.14. The van der Waals surface area contributed by atoms with Gasteiger partial charge in [-0.15, -0.1) is 0 Å². The molecule has 18 heavy (non-hydrogen) atoms. The summed E-state index contributed by atoms with van der Waals surface area (Å²) < 4.78 is 23.7. The van der Waals surface area contributed by atoms with Crippen molar-refractivity contribution in [2.24, 2.45) is 0 Å². The van der Waals surface area contributed by atoms with E-state index >= 15 is 0 Å². The van der Waals surface area contributed by atoms with Crippen molar-refractivity contribution in [1.82, 2.24) is 0 Å². The molecule has 1 aromatic carbocycles. The van der Waals surface area contributed by atoms with Gasteiger partial charge in [-0.05, 0) is 40.9 Å². The van der Waals surface area contributed by atoms with Crippen molar-refractivity contribution in [2.45, 2.75) is 18.4 Å². The smallest absolute Gasteiger partial charge is 0.150 e. The van der Waals surface area contributed by atoms with Crippen molar-refractivity contribution in [1.29, 1.82) is 5.26 Å². The first kappa shape index (κ1) is 13.4. The van der Waals surface area contributed by atoms with Crippen LogP contribution in [-0.2, 0) is 9.84 Å². The summed E-state index contributed by atoms with van der Waals surface area (Å²) >= 11 is 3.41. The third-order valence-corrected chi connectivity index (χ3v) is 5.49. The van der Waals surface area contributed by atoms with Crippen molar-refractivity contribution in [3.05, 3.63) is 28.7 Å². The highest BCUT2D eigenvalue weighted by Crippen LogP contribution is 2.31. The number of benzene rings is 1. The summed E-state index contributed by atoms with van der Waals surface area (Å²) in [6.45, 7) is 0. The van der Waals surface area contributed by atoms with Crippen LogP contribution in [0.2, 0.25) is 0 Å². The van der Waals surface area contributed by atoms with E-state index in [1.165, 1.54) is 0 Å². The Morgan fingerprint density at radius 1 is 1.28 bits per heavy atom. The van der Waals surface area contributed by atoms with Crippen LogP contribution in [0.5, 0.6) is 0 Å². The van der Waals surface area contributed by atoms with Crippen molar-refractivity contribution >= 4 is 31.5 Å². The fraction of sp³-hybridized carbons (Fsp3) is 0.417. The lowest BCUT2D eigenvalue weighted by Gasteiger charge is -2.32. The minimum atomic E-state index is -2.97. The zero-order valence-corrected chi connectivity index (χ0v) is 12.1. The molecule has 1 N–H and O–H groups in total. The van der Waals surface area contributed by atoms with Crippen LogP contribution in [0.3, 0.4) is 0 Å². The van der Waals surface area contributed by atoms with Gasteiger partial charge in [0.1, 0.15) is 5.54 Å². The second-order valence-electron chi connectivity index (χ2n) is 4.45. The average Bonchev–Trinajstić information content (AvgIpc) is 2.35. The summed E-state index contributed by atoms with van der Waals surface area (Å²) in [5.41, 5.74) is 0.0354. The summed E-state index contributed by atoms with van der Waals surface area (Å²) in [7, 11) is -2.97. The lowest BCUT2D eigenvalue weighted by molar-refractivity contribution is 0.505. The van der Waals surface area contributed by atoms with Crippen molar-refractivity contribution in [3.63, 3.8) is 0 Å². The molecule has 0 saturated carbocycles. The minimum Gasteiger partial charge on any atom is -0.366 e. The van der Waals surface area contributed by atoms with Crippen molar-refractivity contribution in [2.75, 3.05) is 16.8 Å². The molecule has 1 heterocycles. The Kier molecular flexibility index (Phi) is 3.64.